The molecule has 12 heteroatoms. The van der Waals surface area contributed by atoms with Crippen molar-refractivity contribution in [2.24, 2.45) is 0 Å². The Kier molecular flexibility index (Phi) is 7.80. The standard InChI is InChI=1S/C8H5ClFNO2S.C6H3Cl2FO2S/c9-7-2-1-6(5-8(7)10)14(12,13)4-3-11;7-5-2-1-4(3-6(5)9)12(8,10)11/h1-2,5H,4H2;1-3H. The maximum atomic E-state index is 12.9. The van der Waals surface area contributed by atoms with Gasteiger partial charge in [-0.1, -0.05) is 23.2 Å². The van der Waals surface area contributed by atoms with Crippen LogP contribution >= 0.6 is 33.9 Å². The first-order valence-corrected chi connectivity index (χ1v) is 11.0. The Morgan fingerprint density at radius 1 is 0.885 bits per heavy atom. The largest absolute Gasteiger partial charge is 0.261 e. The van der Waals surface area contributed by atoms with Gasteiger partial charge in [0.05, 0.1) is 25.9 Å². The van der Waals surface area contributed by atoms with Crippen LogP contribution in [0.4, 0.5) is 8.78 Å². The summed E-state index contributed by atoms with van der Waals surface area (Å²) < 4.78 is 69.4. The smallest absolute Gasteiger partial charge is 0.223 e. The number of nitrogens with zero attached hydrogens (tertiary/aromatic N) is 1. The summed E-state index contributed by atoms with van der Waals surface area (Å²) in [7, 11) is -2.63. The molecule has 5 nitrogen and oxygen atoms in total. The van der Waals surface area contributed by atoms with E-state index in [9.17, 15) is 25.6 Å². The highest BCUT2D eigenvalue weighted by molar-refractivity contribution is 8.13. The van der Waals surface area contributed by atoms with Crippen LogP contribution in [0.2, 0.25) is 10.0 Å². The van der Waals surface area contributed by atoms with Crippen LogP contribution < -0.4 is 0 Å². The second-order valence-electron chi connectivity index (χ2n) is 4.51. The first-order valence-electron chi connectivity index (χ1n) is 6.33. The lowest BCUT2D eigenvalue weighted by Crippen LogP contribution is -2.05. The van der Waals surface area contributed by atoms with Crippen molar-refractivity contribution < 1.29 is 25.6 Å². The van der Waals surface area contributed by atoms with E-state index in [1.807, 2.05) is 0 Å². The number of sulfone groups is 1. The fourth-order valence-corrected chi connectivity index (χ4v) is 3.36. The minimum Gasteiger partial charge on any atom is -0.223 e. The van der Waals surface area contributed by atoms with Crippen LogP contribution in [0.25, 0.3) is 0 Å². The lowest BCUT2D eigenvalue weighted by molar-refractivity contribution is 0.593. The van der Waals surface area contributed by atoms with Crippen molar-refractivity contribution >= 4 is 52.8 Å². The Morgan fingerprint density at radius 3 is 1.69 bits per heavy atom. The van der Waals surface area contributed by atoms with Crippen molar-refractivity contribution in [2.75, 3.05) is 5.75 Å². The molecule has 26 heavy (non-hydrogen) atoms. The molecule has 0 saturated heterocycles. The maximum absolute atomic E-state index is 12.9. The van der Waals surface area contributed by atoms with Crippen LogP contribution in [0.15, 0.2) is 46.2 Å². The number of rotatable bonds is 3. The summed E-state index contributed by atoms with van der Waals surface area (Å²) in [6, 6.07) is 7.63. The molecule has 0 heterocycles. The van der Waals surface area contributed by atoms with Crippen molar-refractivity contribution in [3.05, 3.63) is 58.1 Å². The average Bonchev–Trinajstić information content (AvgIpc) is 2.52. The summed E-state index contributed by atoms with van der Waals surface area (Å²) in [5.74, 6) is -2.29. The Hall–Kier alpha value is -1.44. The van der Waals surface area contributed by atoms with E-state index in [1.165, 1.54) is 6.07 Å². The summed E-state index contributed by atoms with van der Waals surface area (Å²) in [5, 5.41) is 7.95. The topological polar surface area (TPSA) is 92.1 Å². The molecule has 0 aliphatic heterocycles. The highest BCUT2D eigenvalue weighted by Gasteiger charge is 2.15. The number of hydrogen-bond donors (Lipinski definition) is 0. The molecule has 0 radical (unpaired) electrons. The van der Waals surface area contributed by atoms with Crippen LogP contribution in [0.1, 0.15) is 0 Å². The molecule has 0 aromatic heterocycles. The number of benzene rings is 2. The van der Waals surface area contributed by atoms with Gasteiger partial charge in [-0.05, 0) is 36.4 Å². The van der Waals surface area contributed by atoms with Gasteiger partial charge in [0, 0.05) is 10.7 Å². The molecular weight excluding hydrogens is 455 g/mol. The van der Waals surface area contributed by atoms with Gasteiger partial charge in [-0.25, -0.2) is 25.6 Å². The van der Waals surface area contributed by atoms with Crippen molar-refractivity contribution in [3.8, 4) is 6.07 Å². The predicted octanol–water partition coefficient (Wildman–Crippen LogP) is 4.18. The zero-order valence-electron chi connectivity index (χ0n) is 12.5. The molecule has 140 valence electrons. The Labute approximate surface area is 163 Å². The summed E-state index contributed by atoms with van der Waals surface area (Å²) in [4.78, 5) is -0.535. The monoisotopic (exact) mass is 461 g/mol. The molecule has 0 N–H and O–H groups in total. The third-order valence-corrected chi connectivity index (χ3v) is 6.12. The molecule has 0 aliphatic carbocycles. The zero-order valence-corrected chi connectivity index (χ0v) is 16.4. The van der Waals surface area contributed by atoms with E-state index in [4.69, 9.17) is 39.1 Å². The molecule has 2 rings (SSSR count). The Morgan fingerprint density at radius 2 is 1.31 bits per heavy atom. The summed E-state index contributed by atoms with van der Waals surface area (Å²) in [5.41, 5.74) is 0. The fourth-order valence-electron chi connectivity index (χ4n) is 1.47. The van der Waals surface area contributed by atoms with E-state index in [0.29, 0.717) is 0 Å². The van der Waals surface area contributed by atoms with E-state index in [1.54, 1.807) is 0 Å². The Balaban J connectivity index is 0.000000263. The van der Waals surface area contributed by atoms with Crippen LogP contribution in [0, 0.1) is 23.0 Å². The molecule has 0 atom stereocenters. The molecule has 2 aromatic rings. The van der Waals surface area contributed by atoms with Gasteiger partial charge in [-0.2, -0.15) is 5.26 Å². The average molecular weight is 463 g/mol. The fraction of sp³-hybridized carbons (Fsp3) is 0.0714. The van der Waals surface area contributed by atoms with E-state index < -0.39 is 36.3 Å². The molecule has 0 saturated carbocycles. The molecule has 0 amide bonds. The number of halogens is 5. The van der Waals surface area contributed by atoms with Gasteiger partial charge >= 0.3 is 0 Å². The van der Waals surface area contributed by atoms with E-state index in [2.05, 4.69) is 0 Å². The van der Waals surface area contributed by atoms with Gasteiger partial charge in [-0.15, -0.1) is 0 Å². The highest BCUT2D eigenvalue weighted by Crippen LogP contribution is 2.21. The number of hydrogen-bond acceptors (Lipinski definition) is 5. The first kappa shape index (κ1) is 22.6. The van der Waals surface area contributed by atoms with Crippen molar-refractivity contribution in [3.63, 3.8) is 0 Å². The lowest BCUT2D eigenvalue weighted by atomic mass is 10.3. The second-order valence-corrected chi connectivity index (χ2v) is 9.88. The maximum Gasteiger partial charge on any atom is 0.261 e. The van der Waals surface area contributed by atoms with Gasteiger partial charge in [0.15, 0.2) is 9.84 Å². The predicted molar refractivity (Wildman–Crippen MR) is 93.5 cm³/mol. The van der Waals surface area contributed by atoms with Crippen LogP contribution in [-0.4, -0.2) is 22.6 Å². The van der Waals surface area contributed by atoms with Crippen molar-refractivity contribution in [1.82, 2.24) is 0 Å². The third-order valence-electron chi connectivity index (χ3n) is 2.68. The van der Waals surface area contributed by atoms with Gasteiger partial charge in [0.2, 0.25) is 0 Å². The molecule has 0 aliphatic rings. The quantitative estimate of drug-likeness (QED) is 0.638. The van der Waals surface area contributed by atoms with Crippen LogP contribution in [-0.2, 0) is 18.9 Å². The minimum atomic E-state index is -3.87. The summed E-state index contributed by atoms with van der Waals surface area (Å²) >= 11 is 10.7. The second kappa shape index (κ2) is 8.97. The van der Waals surface area contributed by atoms with Crippen molar-refractivity contribution in [2.45, 2.75) is 9.79 Å². The van der Waals surface area contributed by atoms with E-state index >= 15 is 0 Å². The highest BCUT2D eigenvalue weighted by atomic mass is 35.7. The van der Waals surface area contributed by atoms with Gasteiger partial charge in [0.1, 0.15) is 17.4 Å². The minimum absolute atomic E-state index is 0.140. The molecule has 0 unspecified atom stereocenters. The zero-order chi connectivity index (χ0) is 20.1. The molecular formula is C14H8Cl3F2NO4S2. The van der Waals surface area contributed by atoms with E-state index in [-0.39, 0.29) is 19.8 Å². The molecule has 0 fully saturated rings. The third kappa shape index (κ3) is 6.37. The summed E-state index contributed by atoms with van der Waals surface area (Å²) in [6.07, 6.45) is 0. The van der Waals surface area contributed by atoms with Crippen LogP contribution in [0.3, 0.4) is 0 Å². The lowest BCUT2D eigenvalue weighted by Gasteiger charge is -2.00. The van der Waals surface area contributed by atoms with Gasteiger partial charge in [-0.3, -0.25) is 0 Å². The van der Waals surface area contributed by atoms with Crippen molar-refractivity contribution in [1.29, 1.82) is 5.26 Å². The van der Waals surface area contributed by atoms with Crippen LogP contribution in [0.5, 0.6) is 0 Å². The van der Waals surface area contributed by atoms with E-state index in [0.717, 1.165) is 36.4 Å². The first-order chi connectivity index (χ1) is 11.9. The normalized spacial score (nSPS) is 11.2. The SMILES string of the molecule is N#CCS(=O)(=O)c1ccc(Cl)c(F)c1.O=S(=O)(Cl)c1ccc(Cl)c(F)c1. The number of nitriles is 1. The molecule has 2 aromatic carbocycles. The van der Waals surface area contributed by atoms with Gasteiger partial charge < -0.3 is 0 Å². The molecule has 0 spiro atoms. The van der Waals surface area contributed by atoms with Gasteiger partial charge in [0.25, 0.3) is 9.05 Å². The Bertz CT molecular complexity index is 1070. The molecule has 0 bridgehead atoms. The summed E-state index contributed by atoms with van der Waals surface area (Å²) in [6.45, 7) is 0.